The van der Waals surface area contributed by atoms with Crippen LogP contribution in [-0.4, -0.2) is 27.2 Å². The van der Waals surface area contributed by atoms with Crippen molar-refractivity contribution in [2.24, 2.45) is 0 Å². The average Bonchev–Trinajstić information content (AvgIpc) is 3.47. The van der Waals surface area contributed by atoms with Crippen molar-refractivity contribution >= 4 is 41.1 Å². The number of carbonyl (C=O) groups excluding carboxylic acids is 1. The number of rotatable bonds is 7. The molecule has 1 aliphatic carbocycles. The summed E-state index contributed by atoms with van der Waals surface area (Å²) in [6.07, 6.45) is 4.91. The van der Waals surface area contributed by atoms with Crippen molar-refractivity contribution in [2.45, 2.75) is 44.1 Å². The second-order valence-electron chi connectivity index (χ2n) is 7.50. The molecule has 0 unspecified atom stereocenters. The highest BCUT2D eigenvalue weighted by atomic mass is 35.5. The number of amides is 1. The average molecular weight is 447 g/mol. The van der Waals surface area contributed by atoms with Crippen LogP contribution >= 0.6 is 35.2 Å². The Labute approximate surface area is 184 Å². The Morgan fingerprint density at radius 1 is 1.28 bits per heavy atom. The highest BCUT2D eigenvalue weighted by Gasteiger charge is 2.35. The van der Waals surface area contributed by atoms with Gasteiger partial charge < -0.3 is 5.32 Å². The summed E-state index contributed by atoms with van der Waals surface area (Å²) in [5.74, 6) is 0.816. The molecule has 0 spiro atoms. The Bertz CT molecular complexity index is 1020. The van der Waals surface area contributed by atoms with E-state index in [0.29, 0.717) is 24.3 Å². The second kappa shape index (κ2) is 8.81. The number of aromatic nitrogens is 3. The first-order chi connectivity index (χ1) is 14.1. The molecule has 0 radical (unpaired) electrons. The van der Waals surface area contributed by atoms with Crippen LogP contribution < -0.4 is 5.32 Å². The van der Waals surface area contributed by atoms with E-state index in [4.69, 9.17) is 23.8 Å². The molecule has 5 nitrogen and oxygen atoms in total. The van der Waals surface area contributed by atoms with Gasteiger partial charge in [0.05, 0.1) is 4.88 Å². The van der Waals surface area contributed by atoms with E-state index in [0.717, 1.165) is 28.6 Å². The third-order valence-electron chi connectivity index (χ3n) is 5.70. The van der Waals surface area contributed by atoms with E-state index in [-0.39, 0.29) is 11.3 Å². The van der Waals surface area contributed by atoms with Gasteiger partial charge in [-0.15, -0.1) is 11.3 Å². The number of benzene rings is 1. The molecule has 2 N–H and O–H groups in total. The molecule has 29 heavy (non-hydrogen) atoms. The fourth-order valence-corrected chi connectivity index (χ4v) is 5.18. The number of aromatic amines is 1. The topological polar surface area (TPSA) is 62.7 Å². The monoisotopic (exact) mass is 446 g/mol. The number of thiophene rings is 1. The molecule has 0 bridgehead atoms. The normalized spacial score (nSPS) is 15.5. The van der Waals surface area contributed by atoms with Crippen molar-refractivity contribution in [2.75, 3.05) is 6.54 Å². The van der Waals surface area contributed by atoms with E-state index in [1.54, 1.807) is 11.3 Å². The highest BCUT2D eigenvalue weighted by Crippen LogP contribution is 2.41. The number of H-pyrrole nitrogens is 1. The highest BCUT2D eigenvalue weighted by molar-refractivity contribution is 7.71. The van der Waals surface area contributed by atoms with Crippen LogP contribution in [0.15, 0.2) is 41.8 Å². The van der Waals surface area contributed by atoms with E-state index in [1.807, 2.05) is 34.2 Å². The Morgan fingerprint density at radius 3 is 2.72 bits per heavy atom. The Morgan fingerprint density at radius 2 is 2.03 bits per heavy atom. The zero-order valence-electron chi connectivity index (χ0n) is 16.0. The summed E-state index contributed by atoms with van der Waals surface area (Å²) < 4.78 is 2.43. The SMILES string of the molecule is O=C(CCn1c(-c2cccs2)n[nH]c1=S)NCC1(c2ccc(Cl)cc2)CCCC1. The first-order valence-electron chi connectivity index (χ1n) is 9.79. The summed E-state index contributed by atoms with van der Waals surface area (Å²) >= 11 is 13.0. The maximum absolute atomic E-state index is 12.6. The quantitative estimate of drug-likeness (QED) is 0.481. The zero-order chi connectivity index (χ0) is 20.3. The van der Waals surface area contributed by atoms with Gasteiger partial charge in [0.25, 0.3) is 0 Å². The van der Waals surface area contributed by atoms with Crippen molar-refractivity contribution in [1.29, 1.82) is 0 Å². The Hall–Kier alpha value is -1.96. The summed E-state index contributed by atoms with van der Waals surface area (Å²) in [5, 5.41) is 13.1. The van der Waals surface area contributed by atoms with E-state index in [2.05, 4.69) is 27.6 Å². The lowest BCUT2D eigenvalue weighted by atomic mass is 9.79. The molecular weight excluding hydrogens is 424 g/mol. The van der Waals surface area contributed by atoms with Crippen LogP contribution in [0.1, 0.15) is 37.7 Å². The fraction of sp³-hybridized carbons (Fsp3) is 0.381. The van der Waals surface area contributed by atoms with Crippen molar-refractivity contribution in [3.63, 3.8) is 0 Å². The van der Waals surface area contributed by atoms with E-state index < -0.39 is 0 Å². The van der Waals surface area contributed by atoms with E-state index in [1.165, 1.54) is 18.4 Å². The fourth-order valence-electron chi connectivity index (χ4n) is 4.11. The minimum Gasteiger partial charge on any atom is -0.355 e. The van der Waals surface area contributed by atoms with Gasteiger partial charge in [0, 0.05) is 29.9 Å². The van der Waals surface area contributed by atoms with Gasteiger partial charge in [-0.2, -0.15) is 5.10 Å². The standard InChI is InChI=1S/C21H23ClN4OS2/c22-16-7-5-15(6-8-16)21(10-1-2-11-21)14-23-18(27)9-12-26-19(24-25-20(26)28)17-4-3-13-29-17/h3-8,13H,1-2,9-12,14H2,(H,23,27)(H,25,28). The summed E-state index contributed by atoms with van der Waals surface area (Å²) in [6, 6.07) is 12.0. The molecule has 4 rings (SSSR count). The minimum absolute atomic E-state index is 0.00827. The van der Waals surface area contributed by atoms with Gasteiger partial charge in [-0.3, -0.25) is 14.5 Å². The number of nitrogens with one attached hydrogen (secondary N) is 2. The molecule has 1 fully saturated rings. The van der Waals surface area contributed by atoms with Crippen LogP contribution in [-0.2, 0) is 16.8 Å². The van der Waals surface area contributed by atoms with Crippen molar-refractivity contribution < 1.29 is 4.79 Å². The molecule has 0 atom stereocenters. The maximum atomic E-state index is 12.6. The summed E-state index contributed by atoms with van der Waals surface area (Å²) in [4.78, 5) is 13.7. The number of nitrogens with zero attached hydrogens (tertiary/aromatic N) is 2. The summed E-state index contributed by atoms with van der Waals surface area (Å²) in [7, 11) is 0. The number of carbonyl (C=O) groups is 1. The molecule has 1 saturated carbocycles. The van der Waals surface area contributed by atoms with Gasteiger partial charge in [0.2, 0.25) is 5.91 Å². The van der Waals surface area contributed by atoms with Crippen molar-refractivity contribution in [3.05, 3.63) is 57.1 Å². The molecule has 2 aromatic heterocycles. The molecule has 2 heterocycles. The molecule has 0 saturated heterocycles. The summed E-state index contributed by atoms with van der Waals surface area (Å²) in [6.45, 7) is 1.16. The molecule has 0 aliphatic heterocycles. The van der Waals surface area contributed by atoms with E-state index >= 15 is 0 Å². The van der Waals surface area contributed by atoms with Crippen molar-refractivity contribution in [1.82, 2.24) is 20.1 Å². The van der Waals surface area contributed by atoms with Gasteiger partial charge in [-0.1, -0.05) is 42.6 Å². The van der Waals surface area contributed by atoms with Gasteiger partial charge in [0.15, 0.2) is 10.6 Å². The molecule has 1 aromatic carbocycles. The molecule has 1 aliphatic rings. The lowest BCUT2D eigenvalue weighted by molar-refractivity contribution is -0.121. The second-order valence-corrected chi connectivity index (χ2v) is 9.27. The van der Waals surface area contributed by atoms with Crippen LogP contribution in [0.3, 0.4) is 0 Å². The molecule has 1 amide bonds. The van der Waals surface area contributed by atoms with E-state index in [9.17, 15) is 4.79 Å². The Balaban J connectivity index is 1.40. The van der Waals surface area contributed by atoms with Crippen LogP contribution in [0, 0.1) is 4.77 Å². The van der Waals surface area contributed by atoms with Gasteiger partial charge >= 0.3 is 0 Å². The van der Waals surface area contributed by atoms with Gasteiger partial charge in [0.1, 0.15) is 0 Å². The third kappa shape index (κ3) is 4.47. The molecule has 8 heteroatoms. The number of hydrogen-bond donors (Lipinski definition) is 2. The maximum Gasteiger partial charge on any atom is 0.221 e. The molecular formula is C21H23ClN4OS2. The Kier molecular flexibility index (Phi) is 6.18. The first kappa shape index (κ1) is 20.3. The predicted molar refractivity (Wildman–Crippen MR) is 120 cm³/mol. The predicted octanol–water partition coefficient (Wildman–Crippen LogP) is 5.34. The third-order valence-corrected chi connectivity index (χ3v) is 7.13. The van der Waals surface area contributed by atoms with Crippen LogP contribution in [0.2, 0.25) is 5.02 Å². The number of hydrogen-bond acceptors (Lipinski definition) is 4. The van der Waals surface area contributed by atoms with Gasteiger partial charge in [-0.25, -0.2) is 0 Å². The molecule has 152 valence electrons. The lowest BCUT2D eigenvalue weighted by Crippen LogP contribution is -2.39. The first-order valence-corrected chi connectivity index (χ1v) is 11.5. The van der Waals surface area contributed by atoms with Crippen LogP contribution in [0.5, 0.6) is 0 Å². The van der Waals surface area contributed by atoms with Crippen LogP contribution in [0.4, 0.5) is 0 Å². The lowest BCUT2D eigenvalue weighted by Gasteiger charge is -2.30. The summed E-state index contributed by atoms with van der Waals surface area (Å²) in [5.41, 5.74) is 1.27. The molecule has 3 aromatic rings. The smallest absolute Gasteiger partial charge is 0.221 e. The largest absolute Gasteiger partial charge is 0.355 e. The zero-order valence-corrected chi connectivity index (χ0v) is 18.4. The van der Waals surface area contributed by atoms with Gasteiger partial charge in [-0.05, 0) is 54.2 Å². The minimum atomic E-state index is 0.00827. The van der Waals surface area contributed by atoms with Crippen molar-refractivity contribution in [3.8, 4) is 10.7 Å². The number of halogens is 1. The van der Waals surface area contributed by atoms with Crippen LogP contribution in [0.25, 0.3) is 10.7 Å².